The van der Waals surface area contributed by atoms with Crippen molar-refractivity contribution in [2.45, 2.75) is 19.3 Å². The summed E-state index contributed by atoms with van der Waals surface area (Å²) in [6, 6.07) is 19.0. The lowest BCUT2D eigenvalue weighted by Gasteiger charge is -2.24. The fourth-order valence-corrected chi connectivity index (χ4v) is 4.61. The molecule has 0 saturated carbocycles. The molecule has 1 aliphatic heterocycles. The van der Waals surface area contributed by atoms with Crippen molar-refractivity contribution in [3.8, 4) is 16.5 Å². The number of benzene rings is 2. The zero-order valence-electron chi connectivity index (χ0n) is 15.9. The molecule has 0 spiro atoms. The van der Waals surface area contributed by atoms with E-state index in [-0.39, 0.29) is 24.2 Å². The Morgan fingerprint density at radius 1 is 1.23 bits per heavy atom. The van der Waals surface area contributed by atoms with Crippen LogP contribution in [0.2, 0.25) is 5.02 Å². The SMILES string of the molecule is N#Cc1sc(-c2cccc(Cl)c2)cc1NC(=O)CCC1Cc2ccccc2NC1=O. The number of rotatable bonds is 5. The largest absolute Gasteiger partial charge is 0.326 e. The molecule has 0 aliphatic carbocycles. The number of anilines is 2. The number of nitriles is 1. The maximum atomic E-state index is 12.5. The third-order valence-corrected chi connectivity index (χ3v) is 6.37. The topological polar surface area (TPSA) is 82.0 Å². The monoisotopic (exact) mass is 435 g/mol. The van der Waals surface area contributed by atoms with Crippen molar-refractivity contribution >= 4 is 46.1 Å². The molecular weight excluding hydrogens is 418 g/mol. The Morgan fingerprint density at radius 3 is 2.87 bits per heavy atom. The molecule has 30 heavy (non-hydrogen) atoms. The predicted octanol–water partition coefficient (Wildman–Crippen LogP) is 5.47. The number of carbonyl (C=O) groups excluding carboxylic acids is 2. The molecule has 150 valence electrons. The van der Waals surface area contributed by atoms with E-state index in [0.717, 1.165) is 21.7 Å². The van der Waals surface area contributed by atoms with Crippen LogP contribution in [-0.2, 0) is 16.0 Å². The second-order valence-electron chi connectivity index (χ2n) is 7.11. The minimum absolute atomic E-state index is 0.0574. The second-order valence-corrected chi connectivity index (χ2v) is 8.60. The van der Waals surface area contributed by atoms with Gasteiger partial charge >= 0.3 is 0 Å². The molecule has 7 heteroatoms. The van der Waals surface area contributed by atoms with Gasteiger partial charge in [-0.25, -0.2) is 0 Å². The highest BCUT2D eigenvalue weighted by Crippen LogP contribution is 2.35. The average Bonchev–Trinajstić information content (AvgIpc) is 3.15. The van der Waals surface area contributed by atoms with Crippen LogP contribution in [0.15, 0.2) is 54.6 Å². The summed E-state index contributed by atoms with van der Waals surface area (Å²) in [6.07, 6.45) is 1.27. The molecule has 3 aromatic rings. The first kappa shape index (κ1) is 20.1. The number of hydrogen-bond acceptors (Lipinski definition) is 4. The van der Waals surface area contributed by atoms with Crippen molar-refractivity contribution in [3.63, 3.8) is 0 Å². The van der Waals surface area contributed by atoms with Crippen LogP contribution >= 0.6 is 22.9 Å². The number of halogens is 1. The van der Waals surface area contributed by atoms with Crippen molar-refractivity contribution in [1.29, 1.82) is 5.26 Å². The molecule has 0 bridgehead atoms. The van der Waals surface area contributed by atoms with E-state index in [1.165, 1.54) is 11.3 Å². The summed E-state index contributed by atoms with van der Waals surface area (Å²) in [5, 5.41) is 15.8. The molecule has 0 radical (unpaired) electrons. The minimum atomic E-state index is -0.245. The third kappa shape index (κ3) is 4.38. The molecule has 5 nitrogen and oxygen atoms in total. The Hall–Kier alpha value is -3.14. The number of hydrogen-bond donors (Lipinski definition) is 2. The second kappa shape index (κ2) is 8.70. The Morgan fingerprint density at radius 2 is 2.07 bits per heavy atom. The minimum Gasteiger partial charge on any atom is -0.326 e. The van der Waals surface area contributed by atoms with Gasteiger partial charge in [0.2, 0.25) is 11.8 Å². The zero-order chi connectivity index (χ0) is 21.1. The van der Waals surface area contributed by atoms with Gasteiger partial charge in [0.1, 0.15) is 10.9 Å². The van der Waals surface area contributed by atoms with E-state index in [1.54, 1.807) is 12.1 Å². The highest BCUT2D eigenvalue weighted by molar-refractivity contribution is 7.16. The lowest BCUT2D eigenvalue weighted by molar-refractivity contribution is -0.121. The van der Waals surface area contributed by atoms with E-state index in [4.69, 9.17) is 11.6 Å². The number of fused-ring (bicyclic) bond motifs is 1. The van der Waals surface area contributed by atoms with Gasteiger partial charge in [0.05, 0.1) is 5.69 Å². The summed E-state index contributed by atoms with van der Waals surface area (Å²) in [6.45, 7) is 0. The van der Waals surface area contributed by atoms with Crippen molar-refractivity contribution < 1.29 is 9.59 Å². The van der Waals surface area contributed by atoms with Crippen LogP contribution in [0, 0.1) is 17.2 Å². The standard InChI is InChI=1S/C23H18ClN3O2S/c24-17-6-3-5-15(11-17)20-12-19(21(13-25)30-20)26-22(28)9-8-16-10-14-4-1-2-7-18(14)27-23(16)29/h1-7,11-12,16H,8-10H2,(H,26,28)(H,27,29). The van der Waals surface area contributed by atoms with Gasteiger partial charge in [0.25, 0.3) is 0 Å². The maximum absolute atomic E-state index is 12.5. The zero-order valence-corrected chi connectivity index (χ0v) is 17.5. The van der Waals surface area contributed by atoms with Crippen LogP contribution in [0.3, 0.4) is 0 Å². The first-order valence-corrected chi connectivity index (χ1v) is 10.7. The molecule has 1 unspecified atom stereocenters. The summed E-state index contributed by atoms with van der Waals surface area (Å²) in [5.41, 5.74) is 3.30. The van der Waals surface area contributed by atoms with Crippen LogP contribution in [-0.4, -0.2) is 11.8 Å². The highest BCUT2D eigenvalue weighted by Gasteiger charge is 2.26. The van der Waals surface area contributed by atoms with Crippen LogP contribution in [0.25, 0.3) is 10.4 Å². The Bertz CT molecular complexity index is 1170. The van der Waals surface area contributed by atoms with Crippen LogP contribution in [0.1, 0.15) is 23.3 Å². The van der Waals surface area contributed by atoms with E-state index in [2.05, 4.69) is 16.7 Å². The van der Waals surface area contributed by atoms with E-state index in [9.17, 15) is 14.9 Å². The first-order valence-electron chi connectivity index (χ1n) is 9.52. The van der Waals surface area contributed by atoms with Gasteiger partial charge in [-0.3, -0.25) is 9.59 Å². The predicted molar refractivity (Wildman–Crippen MR) is 120 cm³/mol. The number of thiophene rings is 1. The van der Waals surface area contributed by atoms with Crippen molar-refractivity contribution in [2.75, 3.05) is 10.6 Å². The van der Waals surface area contributed by atoms with Crippen LogP contribution in [0.5, 0.6) is 0 Å². The average molecular weight is 436 g/mol. The first-order chi connectivity index (χ1) is 14.5. The van der Waals surface area contributed by atoms with E-state index >= 15 is 0 Å². The fourth-order valence-electron chi connectivity index (χ4n) is 3.52. The van der Waals surface area contributed by atoms with Crippen molar-refractivity contribution in [3.05, 3.63) is 70.1 Å². The number of carbonyl (C=O) groups is 2. The van der Waals surface area contributed by atoms with E-state index in [0.29, 0.717) is 28.4 Å². The number of para-hydroxylation sites is 1. The molecule has 2 N–H and O–H groups in total. The summed E-state index contributed by atoms with van der Waals surface area (Å²) in [5.74, 6) is -0.517. The van der Waals surface area contributed by atoms with Gasteiger partial charge in [0, 0.05) is 27.9 Å². The number of amides is 2. The smallest absolute Gasteiger partial charge is 0.227 e. The van der Waals surface area contributed by atoms with Crippen LogP contribution < -0.4 is 10.6 Å². The Kier molecular flexibility index (Phi) is 5.84. The van der Waals surface area contributed by atoms with E-state index in [1.807, 2.05) is 42.5 Å². The molecule has 1 aliphatic rings. The van der Waals surface area contributed by atoms with Gasteiger partial charge in [-0.15, -0.1) is 11.3 Å². The van der Waals surface area contributed by atoms with Gasteiger partial charge in [-0.05, 0) is 48.2 Å². The quantitative estimate of drug-likeness (QED) is 0.557. The van der Waals surface area contributed by atoms with Gasteiger partial charge < -0.3 is 10.6 Å². The fraction of sp³-hybridized carbons (Fsp3) is 0.174. The Labute approximate surface area is 183 Å². The van der Waals surface area contributed by atoms with E-state index < -0.39 is 0 Å². The van der Waals surface area contributed by atoms with Crippen molar-refractivity contribution in [1.82, 2.24) is 0 Å². The normalized spacial score (nSPS) is 15.1. The lowest BCUT2D eigenvalue weighted by Crippen LogP contribution is -2.30. The summed E-state index contributed by atoms with van der Waals surface area (Å²) < 4.78 is 0. The molecular formula is C23H18ClN3O2S. The molecule has 2 heterocycles. The lowest BCUT2D eigenvalue weighted by atomic mass is 9.89. The van der Waals surface area contributed by atoms with Crippen molar-refractivity contribution in [2.24, 2.45) is 5.92 Å². The van der Waals surface area contributed by atoms with Crippen LogP contribution in [0.4, 0.5) is 11.4 Å². The third-order valence-electron chi connectivity index (χ3n) is 5.05. The molecule has 2 amide bonds. The molecule has 1 aromatic heterocycles. The van der Waals surface area contributed by atoms with Gasteiger partial charge in [0.15, 0.2) is 0 Å². The number of nitrogens with zero attached hydrogens (tertiary/aromatic N) is 1. The molecule has 2 aromatic carbocycles. The number of nitrogens with one attached hydrogen (secondary N) is 2. The Balaban J connectivity index is 1.41. The highest BCUT2D eigenvalue weighted by atomic mass is 35.5. The molecule has 1 atom stereocenters. The molecule has 0 saturated heterocycles. The molecule has 4 rings (SSSR count). The molecule has 0 fully saturated rings. The summed E-state index contributed by atoms with van der Waals surface area (Å²) in [4.78, 5) is 26.1. The van der Waals surface area contributed by atoms with Gasteiger partial charge in [-0.2, -0.15) is 5.26 Å². The maximum Gasteiger partial charge on any atom is 0.227 e. The summed E-state index contributed by atoms with van der Waals surface area (Å²) in [7, 11) is 0. The summed E-state index contributed by atoms with van der Waals surface area (Å²) >= 11 is 7.36. The van der Waals surface area contributed by atoms with Gasteiger partial charge in [-0.1, -0.05) is 41.9 Å².